The molecule has 0 bridgehead atoms. The number of amides is 6. The van der Waals surface area contributed by atoms with Gasteiger partial charge in [0.1, 0.15) is 27.9 Å². The lowest BCUT2D eigenvalue weighted by atomic mass is 9.84. The van der Waals surface area contributed by atoms with Crippen LogP contribution in [0.1, 0.15) is 68.2 Å². The summed E-state index contributed by atoms with van der Waals surface area (Å²) < 4.78 is 54.8. The highest BCUT2D eigenvalue weighted by molar-refractivity contribution is 7.91. The molecule has 6 amide bonds. The van der Waals surface area contributed by atoms with E-state index >= 15 is 0 Å². The van der Waals surface area contributed by atoms with Crippen LogP contribution in [0.2, 0.25) is 0 Å². The second kappa shape index (κ2) is 13.9. The Balaban J connectivity index is 1.33. The summed E-state index contributed by atoms with van der Waals surface area (Å²) in [4.78, 5) is 70.5. The molecule has 1 saturated heterocycles. The number of hydrogen-bond acceptors (Lipinski definition) is 10. The number of rotatable bonds is 11. The largest absolute Gasteiger partial charge is 0.340 e. The van der Waals surface area contributed by atoms with Crippen molar-refractivity contribution in [3.63, 3.8) is 0 Å². The van der Waals surface area contributed by atoms with Crippen molar-refractivity contribution in [1.82, 2.24) is 29.9 Å². The molecule has 296 valence electrons. The van der Waals surface area contributed by atoms with Crippen LogP contribution in [-0.2, 0) is 39.2 Å². The van der Waals surface area contributed by atoms with E-state index in [1.165, 1.54) is 35.2 Å². The van der Waals surface area contributed by atoms with Crippen LogP contribution in [0.5, 0.6) is 0 Å². The summed E-state index contributed by atoms with van der Waals surface area (Å²) in [5, 5.41) is 9.65. The first kappa shape index (κ1) is 41.1. The fraction of sp³-hybridized carbons (Fsp3) is 0.583. The van der Waals surface area contributed by atoms with Gasteiger partial charge < -0.3 is 20.9 Å². The quantitative estimate of drug-likeness (QED) is 0.263. The van der Waals surface area contributed by atoms with Crippen molar-refractivity contribution in [2.24, 2.45) is 28.1 Å². The maximum atomic E-state index is 14.5. The number of piperidine rings is 1. The molecule has 0 radical (unpaired) electrons. The summed E-state index contributed by atoms with van der Waals surface area (Å²) in [7, 11) is -7.27. The third kappa shape index (κ3) is 7.87. The minimum absolute atomic E-state index is 0.0373. The topological polar surface area (TPSA) is 208 Å². The molecule has 3 fully saturated rings. The third-order valence-electron chi connectivity index (χ3n) is 10.8. The summed E-state index contributed by atoms with van der Waals surface area (Å²) in [5.41, 5.74) is -3.62. The van der Waals surface area contributed by atoms with Crippen molar-refractivity contribution in [2.75, 3.05) is 13.6 Å². The first-order valence-corrected chi connectivity index (χ1v) is 21.4. The molecular formula is C36H50N6O9S3. The molecule has 4 N–H and O–H groups in total. The van der Waals surface area contributed by atoms with Crippen molar-refractivity contribution in [3.05, 3.63) is 47.8 Å². The van der Waals surface area contributed by atoms with Gasteiger partial charge in [0.25, 0.3) is 31.9 Å². The van der Waals surface area contributed by atoms with Gasteiger partial charge in [0.05, 0.1) is 4.90 Å². The van der Waals surface area contributed by atoms with Crippen LogP contribution in [0.25, 0.3) is 0 Å². The van der Waals surface area contributed by atoms with Crippen LogP contribution in [0.15, 0.2) is 56.9 Å². The Kier molecular flexibility index (Phi) is 10.6. The fourth-order valence-electron chi connectivity index (χ4n) is 7.15. The van der Waals surface area contributed by atoms with Gasteiger partial charge in [0.15, 0.2) is 0 Å². The monoisotopic (exact) mass is 806 g/mol. The van der Waals surface area contributed by atoms with Crippen LogP contribution in [0.3, 0.4) is 0 Å². The van der Waals surface area contributed by atoms with E-state index < -0.39 is 84.2 Å². The SMILES string of the molecule is CN(C(=O)[C@@H](NC(=O)N[C@H](C(=O)N1CC2C([C@H]1C(=O)NC1(C(=O)NS(=O)(=O)c3ccccc3)CC1)C2(C)C)C(C)(C)C)C(C)(C)C)S(=O)(=O)c1cccs1. The number of likely N-dealkylation sites (N-methyl/N-ethyl adjacent to an activating group) is 1. The van der Waals surface area contributed by atoms with Crippen molar-refractivity contribution in [2.45, 2.75) is 101 Å². The Morgan fingerprint density at radius 3 is 1.96 bits per heavy atom. The Morgan fingerprint density at radius 2 is 1.44 bits per heavy atom. The standard InChI is InChI=1S/C36H50N6O9S3/c1-33(2,3)26(29(44)41(9)54(50,51)23-16-13-19-52-23)37-32(47)38-27(34(4,5)6)30(45)42-20-22-24(35(22,7)8)25(42)28(43)39-36(17-18-36)31(46)40-53(48,49)21-14-11-10-12-15-21/h10-16,19,22,24-27H,17-18,20H2,1-9H3,(H,39,43)(H,40,46)(H2,37,38,47)/t22?,24?,25-,26+,27+/m0/s1. The summed E-state index contributed by atoms with van der Waals surface area (Å²) in [6.45, 7) is 14.4. The first-order valence-electron chi connectivity index (χ1n) is 17.6. The number of carbonyl (C=O) groups is 5. The summed E-state index contributed by atoms with van der Waals surface area (Å²) in [6, 6.07) is 5.89. The van der Waals surface area contributed by atoms with Crippen LogP contribution < -0.4 is 20.7 Å². The van der Waals surface area contributed by atoms with Crippen LogP contribution >= 0.6 is 11.3 Å². The number of carbonyl (C=O) groups excluding carboxylic acids is 5. The highest BCUT2D eigenvalue weighted by Gasteiger charge is 2.70. The fourth-order valence-corrected chi connectivity index (χ4v) is 10.5. The van der Waals surface area contributed by atoms with Gasteiger partial charge in [0, 0.05) is 13.6 Å². The number of nitrogens with zero attached hydrogens (tertiary/aromatic N) is 2. The average Bonchev–Trinajstić information content (AvgIpc) is 3.70. The molecule has 2 aliphatic carbocycles. The predicted molar refractivity (Wildman–Crippen MR) is 201 cm³/mol. The van der Waals surface area contributed by atoms with Gasteiger partial charge in [-0.25, -0.2) is 30.7 Å². The highest BCUT2D eigenvalue weighted by atomic mass is 32.2. The number of fused-ring (bicyclic) bond motifs is 1. The molecule has 5 rings (SSSR count). The summed E-state index contributed by atoms with van der Waals surface area (Å²) >= 11 is 0.953. The molecule has 18 heteroatoms. The molecule has 0 spiro atoms. The molecule has 5 atom stereocenters. The maximum Gasteiger partial charge on any atom is 0.316 e. The van der Waals surface area contributed by atoms with E-state index in [1.807, 2.05) is 13.8 Å². The molecule has 2 heterocycles. The molecule has 54 heavy (non-hydrogen) atoms. The van der Waals surface area contributed by atoms with Gasteiger partial charge in [-0.3, -0.25) is 19.2 Å². The number of urea groups is 1. The Morgan fingerprint density at radius 1 is 0.870 bits per heavy atom. The lowest BCUT2D eigenvalue weighted by Crippen LogP contribution is -2.63. The van der Waals surface area contributed by atoms with Crippen LogP contribution in [0, 0.1) is 28.1 Å². The number of nitrogens with one attached hydrogen (secondary N) is 4. The highest BCUT2D eigenvalue weighted by Crippen LogP contribution is 2.65. The molecule has 2 unspecified atom stereocenters. The van der Waals surface area contributed by atoms with Gasteiger partial charge in [0.2, 0.25) is 11.8 Å². The van der Waals surface area contributed by atoms with Crippen LogP contribution in [-0.4, -0.2) is 93.0 Å². The zero-order valence-corrected chi connectivity index (χ0v) is 34.4. The molecule has 1 aromatic carbocycles. The van der Waals surface area contributed by atoms with Crippen molar-refractivity contribution >= 4 is 61.0 Å². The van der Waals surface area contributed by atoms with E-state index in [4.69, 9.17) is 0 Å². The van der Waals surface area contributed by atoms with E-state index in [9.17, 15) is 40.8 Å². The van der Waals surface area contributed by atoms with Gasteiger partial charge >= 0.3 is 6.03 Å². The first-order chi connectivity index (χ1) is 24.8. The van der Waals surface area contributed by atoms with Crippen molar-refractivity contribution < 1.29 is 40.8 Å². The van der Waals surface area contributed by atoms with E-state index in [0.29, 0.717) is 4.31 Å². The zero-order chi connectivity index (χ0) is 40.4. The Hall–Kier alpha value is -4.03. The number of hydrogen-bond donors (Lipinski definition) is 4. The van der Waals surface area contributed by atoms with Crippen molar-refractivity contribution in [3.8, 4) is 0 Å². The Labute approximate surface area is 321 Å². The number of sulfonamides is 2. The van der Waals surface area contributed by atoms with E-state index in [0.717, 1.165) is 18.4 Å². The van der Waals surface area contributed by atoms with E-state index in [-0.39, 0.29) is 45.7 Å². The van der Waals surface area contributed by atoms with Gasteiger partial charge in [-0.15, -0.1) is 11.3 Å². The third-order valence-corrected chi connectivity index (χ3v) is 15.3. The lowest BCUT2D eigenvalue weighted by molar-refractivity contribution is -0.144. The Bertz CT molecular complexity index is 2030. The maximum absolute atomic E-state index is 14.5. The van der Waals surface area contributed by atoms with Crippen molar-refractivity contribution in [1.29, 1.82) is 0 Å². The van der Waals surface area contributed by atoms with E-state index in [1.54, 1.807) is 59.1 Å². The molecule has 3 aliphatic rings. The van der Waals surface area contributed by atoms with Crippen LogP contribution in [0.4, 0.5) is 4.79 Å². The van der Waals surface area contributed by atoms with Gasteiger partial charge in [-0.05, 0) is 64.5 Å². The van der Waals surface area contributed by atoms with Gasteiger partial charge in [-0.2, -0.15) is 0 Å². The lowest BCUT2D eigenvalue weighted by Gasteiger charge is -2.38. The minimum atomic E-state index is -4.20. The smallest absolute Gasteiger partial charge is 0.316 e. The number of thiophene rings is 1. The normalized spacial score (nSPS) is 22.5. The summed E-state index contributed by atoms with van der Waals surface area (Å²) in [6.07, 6.45) is 0.410. The average molecular weight is 807 g/mol. The molecule has 1 aliphatic heterocycles. The molecular weight excluding hydrogens is 757 g/mol. The summed E-state index contributed by atoms with van der Waals surface area (Å²) in [5.74, 6) is -3.21. The molecule has 2 aromatic rings. The molecule has 15 nitrogen and oxygen atoms in total. The molecule has 2 saturated carbocycles. The zero-order valence-electron chi connectivity index (χ0n) is 31.9. The number of likely N-dealkylation sites (tertiary alicyclic amines) is 1. The second-order valence-electron chi connectivity index (χ2n) is 17.2. The predicted octanol–water partition coefficient (Wildman–Crippen LogP) is 2.66. The molecule has 1 aromatic heterocycles. The van der Waals surface area contributed by atoms with E-state index in [2.05, 4.69) is 20.7 Å². The number of benzene rings is 1. The minimum Gasteiger partial charge on any atom is -0.340 e. The van der Waals surface area contributed by atoms with Gasteiger partial charge in [-0.1, -0.05) is 79.7 Å². The second-order valence-corrected chi connectivity index (χ2v) is 22.0.